The van der Waals surface area contributed by atoms with Crippen LogP contribution in [0.3, 0.4) is 0 Å². The van der Waals surface area contributed by atoms with E-state index in [1.54, 1.807) is 13.2 Å². The number of rotatable bonds is 5. The Morgan fingerprint density at radius 2 is 1.89 bits per heavy atom. The second kappa shape index (κ2) is 8.58. The van der Waals surface area contributed by atoms with Crippen LogP contribution < -0.4 is 10.6 Å². The molecule has 0 spiro atoms. The molecule has 0 unspecified atom stereocenters. The van der Waals surface area contributed by atoms with Crippen LogP contribution in [0.2, 0.25) is 0 Å². The fourth-order valence-corrected chi connectivity index (χ4v) is 2.89. The third-order valence-electron chi connectivity index (χ3n) is 4.83. The summed E-state index contributed by atoms with van der Waals surface area (Å²) in [5.41, 5.74) is 1.19. The van der Waals surface area contributed by atoms with E-state index in [0.717, 1.165) is 25.1 Å². The van der Waals surface area contributed by atoms with Gasteiger partial charge < -0.3 is 15.1 Å². The summed E-state index contributed by atoms with van der Waals surface area (Å²) in [5.74, 6) is 2.01. The first-order chi connectivity index (χ1) is 12.3. The van der Waals surface area contributed by atoms with Crippen LogP contribution in [0.15, 0.2) is 39.9 Å². The highest BCUT2D eigenvalue weighted by Crippen LogP contribution is 2.47. The second-order valence-corrected chi connectivity index (χ2v) is 7.93. The Morgan fingerprint density at radius 3 is 2.41 bits per heavy atom. The maximum atomic E-state index is 13.1. The standard InChI is InChI=1S/C20H27FN4O.HI/c1-19(2,3)16-11-23-17(26-16)12-24-18(22-4)25-13-20(9-10-20)14-5-7-15(21)8-6-14;/h5-8,11H,9-10,12-13H2,1-4H3,(H2,22,24,25);1H. The summed E-state index contributed by atoms with van der Waals surface area (Å²) in [6, 6.07) is 6.80. The summed E-state index contributed by atoms with van der Waals surface area (Å²) >= 11 is 0. The number of hydrogen-bond acceptors (Lipinski definition) is 3. The molecule has 1 aliphatic carbocycles. The summed E-state index contributed by atoms with van der Waals surface area (Å²) in [5, 5.41) is 6.60. The second-order valence-electron chi connectivity index (χ2n) is 7.93. The van der Waals surface area contributed by atoms with E-state index in [1.165, 1.54) is 17.7 Å². The number of guanidine groups is 1. The predicted octanol–water partition coefficient (Wildman–Crippen LogP) is 4.13. The third-order valence-corrected chi connectivity index (χ3v) is 4.83. The van der Waals surface area contributed by atoms with E-state index in [9.17, 15) is 4.39 Å². The van der Waals surface area contributed by atoms with Gasteiger partial charge in [-0.05, 0) is 30.5 Å². The minimum atomic E-state index is -0.199. The van der Waals surface area contributed by atoms with Crippen molar-refractivity contribution in [1.29, 1.82) is 0 Å². The Kier molecular flexibility index (Phi) is 6.88. The van der Waals surface area contributed by atoms with Crippen LogP contribution in [-0.2, 0) is 17.4 Å². The fourth-order valence-electron chi connectivity index (χ4n) is 2.89. The molecule has 0 atom stereocenters. The van der Waals surface area contributed by atoms with Crippen molar-refractivity contribution >= 4 is 29.9 Å². The van der Waals surface area contributed by atoms with Gasteiger partial charge in [-0.2, -0.15) is 0 Å². The Morgan fingerprint density at radius 1 is 1.22 bits per heavy atom. The van der Waals surface area contributed by atoms with E-state index in [-0.39, 0.29) is 40.6 Å². The van der Waals surface area contributed by atoms with Crippen LogP contribution in [0.1, 0.15) is 50.8 Å². The zero-order valence-corrected chi connectivity index (χ0v) is 18.6. The van der Waals surface area contributed by atoms with Gasteiger partial charge in [0.2, 0.25) is 5.89 Å². The Balaban J connectivity index is 0.00000261. The number of aromatic nitrogens is 1. The van der Waals surface area contributed by atoms with Gasteiger partial charge in [0.05, 0.1) is 12.7 Å². The molecule has 1 aliphatic rings. The van der Waals surface area contributed by atoms with E-state index in [4.69, 9.17) is 4.42 Å². The van der Waals surface area contributed by atoms with Crippen molar-refractivity contribution in [3.05, 3.63) is 53.5 Å². The first-order valence-electron chi connectivity index (χ1n) is 8.98. The van der Waals surface area contributed by atoms with E-state index >= 15 is 0 Å². The van der Waals surface area contributed by atoms with Crippen molar-refractivity contribution < 1.29 is 8.81 Å². The highest BCUT2D eigenvalue weighted by Gasteiger charge is 2.44. The summed E-state index contributed by atoms with van der Waals surface area (Å²) in [7, 11) is 1.74. The Bertz CT molecular complexity index is 776. The largest absolute Gasteiger partial charge is 0.443 e. The van der Waals surface area contributed by atoms with Crippen molar-refractivity contribution in [3.63, 3.8) is 0 Å². The minimum absolute atomic E-state index is 0. The molecule has 1 aromatic carbocycles. The summed E-state index contributed by atoms with van der Waals surface area (Å²) < 4.78 is 18.9. The first-order valence-corrected chi connectivity index (χ1v) is 8.98. The normalized spacial score (nSPS) is 15.8. The fraction of sp³-hybridized carbons (Fsp3) is 0.500. The molecule has 1 saturated carbocycles. The maximum absolute atomic E-state index is 13.1. The Labute approximate surface area is 177 Å². The van der Waals surface area contributed by atoms with Crippen LogP contribution in [0.4, 0.5) is 4.39 Å². The lowest BCUT2D eigenvalue weighted by atomic mass is 9.94. The topological polar surface area (TPSA) is 62.5 Å². The highest BCUT2D eigenvalue weighted by molar-refractivity contribution is 14.0. The molecule has 0 bridgehead atoms. The number of oxazole rings is 1. The number of halogens is 2. The lowest BCUT2D eigenvalue weighted by molar-refractivity contribution is 0.379. The van der Waals surface area contributed by atoms with Crippen molar-refractivity contribution in [2.24, 2.45) is 4.99 Å². The third kappa shape index (κ3) is 5.43. The van der Waals surface area contributed by atoms with Crippen LogP contribution in [0.25, 0.3) is 0 Å². The number of benzene rings is 1. The summed E-state index contributed by atoms with van der Waals surface area (Å²) in [6.07, 6.45) is 3.97. The highest BCUT2D eigenvalue weighted by atomic mass is 127. The summed E-state index contributed by atoms with van der Waals surface area (Å²) in [4.78, 5) is 8.58. The number of nitrogens with zero attached hydrogens (tertiary/aromatic N) is 2. The molecule has 0 radical (unpaired) electrons. The van der Waals surface area contributed by atoms with Gasteiger partial charge in [-0.25, -0.2) is 9.37 Å². The van der Waals surface area contributed by atoms with Gasteiger partial charge in [-0.1, -0.05) is 32.9 Å². The molecule has 2 N–H and O–H groups in total. The average molecular weight is 486 g/mol. The molecule has 1 aromatic heterocycles. The average Bonchev–Trinajstić information content (AvgIpc) is 3.22. The van der Waals surface area contributed by atoms with Gasteiger partial charge in [0.1, 0.15) is 11.6 Å². The molecule has 2 aromatic rings. The first kappa shape index (κ1) is 21.7. The zero-order valence-electron chi connectivity index (χ0n) is 16.3. The van der Waals surface area contributed by atoms with Gasteiger partial charge in [0.25, 0.3) is 0 Å². The van der Waals surface area contributed by atoms with Crippen molar-refractivity contribution in [3.8, 4) is 0 Å². The molecule has 3 rings (SSSR count). The van der Waals surface area contributed by atoms with Crippen LogP contribution in [0.5, 0.6) is 0 Å². The molecule has 27 heavy (non-hydrogen) atoms. The zero-order chi connectivity index (χ0) is 18.8. The molecule has 148 valence electrons. The lowest BCUT2D eigenvalue weighted by Crippen LogP contribution is -2.40. The molecule has 5 nitrogen and oxygen atoms in total. The van der Waals surface area contributed by atoms with Gasteiger partial charge in [-0.15, -0.1) is 24.0 Å². The van der Waals surface area contributed by atoms with Crippen molar-refractivity contribution in [1.82, 2.24) is 15.6 Å². The van der Waals surface area contributed by atoms with Crippen LogP contribution in [0, 0.1) is 5.82 Å². The quantitative estimate of drug-likeness (QED) is 0.379. The van der Waals surface area contributed by atoms with Gasteiger partial charge in [0, 0.05) is 24.4 Å². The molecular formula is C20H28FIN4O. The van der Waals surface area contributed by atoms with E-state index < -0.39 is 0 Å². The molecule has 1 heterocycles. The van der Waals surface area contributed by atoms with Crippen LogP contribution in [-0.4, -0.2) is 24.5 Å². The SMILES string of the molecule is CN=C(NCc1ncc(C(C)(C)C)o1)NCC1(c2ccc(F)cc2)CC1.I. The predicted molar refractivity (Wildman–Crippen MR) is 116 cm³/mol. The van der Waals surface area contributed by atoms with E-state index in [0.29, 0.717) is 18.4 Å². The summed E-state index contributed by atoms with van der Waals surface area (Å²) in [6.45, 7) is 7.51. The van der Waals surface area contributed by atoms with Gasteiger partial charge in [-0.3, -0.25) is 4.99 Å². The molecule has 0 saturated heterocycles. The van der Waals surface area contributed by atoms with Crippen molar-refractivity contribution in [2.75, 3.05) is 13.6 Å². The number of hydrogen-bond donors (Lipinski definition) is 2. The van der Waals surface area contributed by atoms with Crippen LogP contribution >= 0.6 is 24.0 Å². The number of nitrogens with one attached hydrogen (secondary N) is 2. The smallest absolute Gasteiger partial charge is 0.213 e. The van der Waals surface area contributed by atoms with E-state index in [1.807, 2.05) is 12.1 Å². The maximum Gasteiger partial charge on any atom is 0.213 e. The van der Waals surface area contributed by atoms with Crippen molar-refractivity contribution in [2.45, 2.75) is 51.0 Å². The lowest BCUT2D eigenvalue weighted by Gasteiger charge is -2.19. The van der Waals surface area contributed by atoms with Gasteiger partial charge in [0.15, 0.2) is 5.96 Å². The van der Waals surface area contributed by atoms with Gasteiger partial charge >= 0.3 is 0 Å². The molecule has 0 aliphatic heterocycles. The molecular weight excluding hydrogens is 458 g/mol. The molecule has 1 fully saturated rings. The number of aliphatic imine (C=N–C) groups is 1. The molecule has 0 amide bonds. The molecule has 7 heteroatoms. The minimum Gasteiger partial charge on any atom is -0.443 e. The Hall–Kier alpha value is -1.64. The monoisotopic (exact) mass is 486 g/mol. The van der Waals surface area contributed by atoms with E-state index in [2.05, 4.69) is 41.4 Å².